The van der Waals surface area contributed by atoms with Gasteiger partial charge in [0.15, 0.2) is 0 Å². The average Bonchev–Trinajstić information content (AvgIpc) is 3.13. The highest BCUT2D eigenvalue weighted by atomic mass is 16.5. The molecule has 3 rings (SSSR count). The van der Waals surface area contributed by atoms with Crippen LogP contribution in [0.2, 0.25) is 0 Å². The number of nitrogens with zero attached hydrogens (tertiary/aromatic N) is 3. The molecule has 0 radical (unpaired) electrons. The van der Waals surface area contributed by atoms with Crippen molar-refractivity contribution in [2.45, 2.75) is 6.42 Å². The van der Waals surface area contributed by atoms with Gasteiger partial charge in [0.25, 0.3) is 0 Å². The first-order valence-corrected chi connectivity index (χ1v) is 9.05. The molecule has 1 aliphatic heterocycles. The van der Waals surface area contributed by atoms with Gasteiger partial charge in [-0.25, -0.2) is 0 Å². The number of aromatic nitrogens is 1. The lowest BCUT2D eigenvalue weighted by Crippen LogP contribution is -2.37. The number of anilines is 1. The second-order valence-electron chi connectivity index (χ2n) is 6.19. The number of methoxy groups -OCH3 is 1. The number of rotatable bonds is 8. The van der Waals surface area contributed by atoms with Crippen LogP contribution in [-0.4, -0.2) is 56.4 Å². The van der Waals surface area contributed by atoms with Crippen LogP contribution in [0.25, 0.3) is 12.2 Å². The van der Waals surface area contributed by atoms with Crippen molar-refractivity contribution in [3.8, 4) is 11.8 Å². The van der Waals surface area contributed by atoms with Crippen molar-refractivity contribution in [1.29, 1.82) is 5.26 Å². The maximum Gasteiger partial charge on any atom is 0.232 e. The molecule has 1 aliphatic rings. The van der Waals surface area contributed by atoms with Crippen molar-refractivity contribution in [3.05, 3.63) is 41.4 Å². The van der Waals surface area contributed by atoms with E-state index in [1.165, 1.54) is 0 Å². The smallest absolute Gasteiger partial charge is 0.232 e. The van der Waals surface area contributed by atoms with E-state index in [2.05, 4.69) is 21.3 Å². The van der Waals surface area contributed by atoms with Crippen LogP contribution < -0.4 is 10.1 Å². The molecule has 0 atom stereocenters. The summed E-state index contributed by atoms with van der Waals surface area (Å²) < 4.78 is 16.2. The second-order valence-corrected chi connectivity index (χ2v) is 6.19. The van der Waals surface area contributed by atoms with Gasteiger partial charge in [0, 0.05) is 25.7 Å². The van der Waals surface area contributed by atoms with Crippen molar-refractivity contribution < 1.29 is 13.9 Å². The molecule has 7 heteroatoms. The minimum atomic E-state index is 0.270. The lowest BCUT2D eigenvalue weighted by Gasteiger charge is -2.26. The highest BCUT2D eigenvalue weighted by Crippen LogP contribution is 2.19. The Hall–Kier alpha value is -2.82. The zero-order valence-electron chi connectivity index (χ0n) is 15.5. The Morgan fingerprint density at radius 1 is 1.33 bits per heavy atom. The first-order chi connectivity index (χ1) is 13.3. The summed E-state index contributed by atoms with van der Waals surface area (Å²) >= 11 is 0. The van der Waals surface area contributed by atoms with Gasteiger partial charge in [0.1, 0.15) is 11.8 Å². The van der Waals surface area contributed by atoms with Crippen LogP contribution in [0.4, 0.5) is 5.88 Å². The molecule has 0 saturated carbocycles. The first-order valence-electron chi connectivity index (χ1n) is 9.05. The van der Waals surface area contributed by atoms with Gasteiger partial charge in [-0.3, -0.25) is 4.90 Å². The maximum atomic E-state index is 9.27. The zero-order chi connectivity index (χ0) is 18.9. The van der Waals surface area contributed by atoms with Gasteiger partial charge in [-0.15, -0.1) is 0 Å². The predicted octanol–water partition coefficient (Wildman–Crippen LogP) is 2.86. The van der Waals surface area contributed by atoms with E-state index >= 15 is 0 Å². The van der Waals surface area contributed by atoms with E-state index in [9.17, 15) is 5.26 Å². The van der Waals surface area contributed by atoms with Crippen LogP contribution >= 0.6 is 0 Å². The Morgan fingerprint density at radius 3 is 2.96 bits per heavy atom. The molecule has 27 heavy (non-hydrogen) atoms. The molecule has 2 aromatic rings. The molecule has 1 fully saturated rings. The molecular formula is C20H24N4O3. The minimum absolute atomic E-state index is 0.270. The zero-order valence-corrected chi connectivity index (χ0v) is 15.5. The van der Waals surface area contributed by atoms with E-state index < -0.39 is 0 Å². The molecule has 2 heterocycles. The van der Waals surface area contributed by atoms with Gasteiger partial charge >= 0.3 is 0 Å². The number of hydrogen-bond acceptors (Lipinski definition) is 7. The number of oxazole rings is 1. The summed E-state index contributed by atoms with van der Waals surface area (Å²) in [5, 5.41) is 12.4. The highest BCUT2D eigenvalue weighted by molar-refractivity contribution is 5.67. The third-order valence-corrected chi connectivity index (χ3v) is 4.30. The van der Waals surface area contributed by atoms with Gasteiger partial charge in [0.2, 0.25) is 17.5 Å². The van der Waals surface area contributed by atoms with E-state index in [0.717, 1.165) is 57.1 Å². The molecule has 1 saturated heterocycles. The summed E-state index contributed by atoms with van der Waals surface area (Å²) in [5.41, 5.74) is 1.23. The van der Waals surface area contributed by atoms with Gasteiger partial charge < -0.3 is 19.2 Å². The number of hydrogen-bond donors (Lipinski definition) is 1. The quantitative estimate of drug-likeness (QED) is 0.717. The van der Waals surface area contributed by atoms with E-state index in [1.807, 2.05) is 30.3 Å². The van der Waals surface area contributed by atoms with Crippen molar-refractivity contribution in [2.75, 3.05) is 51.8 Å². The van der Waals surface area contributed by atoms with Crippen LogP contribution in [0, 0.1) is 11.3 Å². The average molecular weight is 368 g/mol. The maximum absolute atomic E-state index is 9.27. The van der Waals surface area contributed by atoms with Gasteiger partial charge in [-0.05, 0) is 36.7 Å². The van der Waals surface area contributed by atoms with E-state index in [-0.39, 0.29) is 5.69 Å². The van der Waals surface area contributed by atoms with Crippen LogP contribution in [0.15, 0.2) is 28.7 Å². The molecule has 0 spiro atoms. The summed E-state index contributed by atoms with van der Waals surface area (Å²) in [6.07, 6.45) is 4.58. The number of ether oxygens (including phenoxy) is 2. The molecule has 1 N–H and O–H groups in total. The Kier molecular flexibility index (Phi) is 6.85. The van der Waals surface area contributed by atoms with Crippen molar-refractivity contribution in [2.24, 2.45) is 0 Å². The normalized spacial score (nSPS) is 15.0. The molecule has 0 unspecified atom stereocenters. The minimum Gasteiger partial charge on any atom is -0.497 e. The number of nitriles is 1. The fraction of sp³-hybridized carbons (Fsp3) is 0.400. The lowest BCUT2D eigenvalue weighted by molar-refractivity contribution is 0.0378. The Labute approximate surface area is 159 Å². The first kappa shape index (κ1) is 19.0. The summed E-state index contributed by atoms with van der Waals surface area (Å²) in [5.74, 6) is 1.60. The summed E-state index contributed by atoms with van der Waals surface area (Å²) in [7, 11) is 1.63. The van der Waals surface area contributed by atoms with Crippen LogP contribution in [0.3, 0.4) is 0 Å². The lowest BCUT2D eigenvalue weighted by atomic mass is 10.2. The van der Waals surface area contributed by atoms with Crippen LogP contribution in [0.5, 0.6) is 5.75 Å². The molecular weight excluding hydrogens is 344 g/mol. The third-order valence-electron chi connectivity index (χ3n) is 4.30. The SMILES string of the molecule is COc1cccc(/C=C/c2nc(C#N)c(NCCCN3CCOCC3)o2)c1. The number of benzene rings is 1. The fourth-order valence-corrected chi connectivity index (χ4v) is 2.85. The number of nitrogens with one attached hydrogen (secondary N) is 1. The van der Waals surface area contributed by atoms with Gasteiger partial charge in [-0.1, -0.05) is 12.1 Å². The topological polar surface area (TPSA) is 83.5 Å². The van der Waals surface area contributed by atoms with E-state index in [4.69, 9.17) is 13.9 Å². The second kappa shape index (κ2) is 9.76. The summed E-state index contributed by atoms with van der Waals surface area (Å²) in [6, 6.07) is 9.74. The van der Waals surface area contributed by atoms with E-state index in [1.54, 1.807) is 13.2 Å². The van der Waals surface area contributed by atoms with Crippen molar-refractivity contribution in [1.82, 2.24) is 9.88 Å². The van der Waals surface area contributed by atoms with Crippen molar-refractivity contribution in [3.63, 3.8) is 0 Å². The molecule has 0 bridgehead atoms. The fourth-order valence-electron chi connectivity index (χ4n) is 2.85. The Morgan fingerprint density at radius 2 is 2.19 bits per heavy atom. The van der Waals surface area contributed by atoms with Crippen LogP contribution in [0.1, 0.15) is 23.6 Å². The Balaban J connectivity index is 1.54. The largest absolute Gasteiger partial charge is 0.497 e. The molecule has 1 aromatic heterocycles. The highest BCUT2D eigenvalue weighted by Gasteiger charge is 2.12. The molecule has 0 amide bonds. The van der Waals surface area contributed by atoms with Gasteiger partial charge in [-0.2, -0.15) is 10.2 Å². The Bertz CT molecular complexity index is 804. The molecule has 0 aliphatic carbocycles. The van der Waals surface area contributed by atoms with E-state index in [0.29, 0.717) is 11.8 Å². The predicted molar refractivity (Wildman–Crippen MR) is 104 cm³/mol. The molecule has 1 aromatic carbocycles. The molecule has 7 nitrogen and oxygen atoms in total. The molecule has 142 valence electrons. The summed E-state index contributed by atoms with van der Waals surface area (Å²) in [4.78, 5) is 6.59. The van der Waals surface area contributed by atoms with Crippen LogP contribution in [-0.2, 0) is 4.74 Å². The van der Waals surface area contributed by atoms with Gasteiger partial charge in [0.05, 0.1) is 20.3 Å². The summed E-state index contributed by atoms with van der Waals surface area (Å²) in [6.45, 7) is 5.28. The van der Waals surface area contributed by atoms with Crippen molar-refractivity contribution >= 4 is 18.0 Å². The standard InChI is InChI=1S/C20H24N4O3/c1-25-17-5-2-4-16(14-17)6-7-19-23-18(15-21)20(27-19)22-8-3-9-24-10-12-26-13-11-24/h2,4-7,14,22H,3,8-13H2,1H3/b7-6+. The number of morpholine rings is 1. The third kappa shape index (κ3) is 5.58. The monoisotopic (exact) mass is 368 g/mol.